The summed E-state index contributed by atoms with van der Waals surface area (Å²) in [4.78, 5) is 15.5. The molecule has 1 aliphatic heterocycles. The molecule has 1 fully saturated rings. The molecule has 0 amide bonds. The molecular weight excluding hydrogens is 186 g/mol. The van der Waals surface area contributed by atoms with Gasteiger partial charge in [-0.1, -0.05) is 0 Å². The molecule has 1 aromatic heterocycles. The fourth-order valence-electron chi connectivity index (χ4n) is 1.42. The molecule has 2 rings (SSSR count). The molecule has 1 unspecified atom stereocenters. The Bertz CT molecular complexity index is 292. The summed E-state index contributed by atoms with van der Waals surface area (Å²) >= 11 is 1.59. The third-order valence-electron chi connectivity index (χ3n) is 2.06. The highest BCUT2D eigenvalue weighted by Gasteiger charge is 2.20. The van der Waals surface area contributed by atoms with Crippen molar-refractivity contribution in [2.75, 3.05) is 6.61 Å². The Morgan fingerprint density at radius 1 is 1.77 bits per heavy atom. The predicted molar refractivity (Wildman–Crippen MR) is 49.8 cm³/mol. The highest BCUT2D eigenvalue weighted by molar-refractivity contribution is 7.11. The lowest BCUT2D eigenvalue weighted by Gasteiger charge is -2.02. The van der Waals surface area contributed by atoms with Gasteiger partial charge in [0.1, 0.15) is 17.4 Å². The molecule has 0 N–H and O–H groups in total. The number of thiazole rings is 1. The summed E-state index contributed by atoms with van der Waals surface area (Å²) in [5.41, 5.74) is 0. The molecule has 1 aliphatic rings. The Kier molecular flexibility index (Phi) is 2.71. The number of nitrogens with zero attached hydrogens (tertiary/aromatic N) is 1. The zero-order chi connectivity index (χ0) is 9.10. The van der Waals surface area contributed by atoms with Gasteiger partial charge in [0.25, 0.3) is 0 Å². The Labute approximate surface area is 80.8 Å². The average molecular weight is 197 g/mol. The van der Waals surface area contributed by atoms with E-state index in [2.05, 4.69) is 4.98 Å². The number of rotatable bonds is 3. The van der Waals surface area contributed by atoms with Crippen LogP contribution in [-0.2, 0) is 16.0 Å². The Balaban J connectivity index is 2.07. The second-order valence-electron chi connectivity index (χ2n) is 3.04. The maximum atomic E-state index is 10.3. The summed E-state index contributed by atoms with van der Waals surface area (Å²) in [7, 11) is 0. The number of aldehydes is 1. The maximum Gasteiger partial charge on any atom is 0.125 e. The lowest BCUT2D eigenvalue weighted by atomic mass is 10.2. The first kappa shape index (κ1) is 8.84. The minimum atomic E-state index is 0.186. The fraction of sp³-hybridized carbons (Fsp3) is 0.556. The van der Waals surface area contributed by atoms with Crippen LogP contribution in [0.15, 0.2) is 6.20 Å². The zero-order valence-electron chi connectivity index (χ0n) is 7.23. The van der Waals surface area contributed by atoms with Crippen molar-refractivity contribution < 1.29 is 9.53 Å². The van der Waals surface area contributed by atoms with Gasteiger partial charge in [0, 0.05) is 24.1 Å². The smallest absolute Gasteiger partial charge is 0.125 e. The molecule has 2 heterocycles. The normalized spacial score (nSPS) is 22.0. The molecule has 1 aromatic rings. The molecule has 1 atom stereocenters. The van der Waals surface area contributed by atoms with Crippen LogP contribution in [-0.4, -0.2) is 17.9 Å². The molecule has 0 aromatic carbocycles. The van der Waals surface area contributed by atoms with E-state index >= 15 is 0 Å². The highest BCUT2D eigenvalue weighted by Crippen LogP contribution is 2.31. The van der Waals surface area contributed by atoms with Crippen molar-refractivity contribution in [3.05, 3.63) is 16.1 Å². The third kappa shape index (κ3) is 1.95. The van der Waals surface area contributed by atoms with Crippen molar-refractivity contribution in [2.45, 2.75) is 25.4 Å². The molecule has 70 valence electrons. The van der Waals surface area contributed by atoms with Crippen LogP contribution >= 0.6 is 11.3 Å². The number of hydrogen-bond donors (Lipinski definition) is 0. The molecule has 13 heavy (non-hydrogen) atoms. The van der Waals surface area contributed by atoms with Gasteiger partial charge in [-0.2, -0.15) is 0 Å². The second-order valence-corrected chi connectivity index (χ2v) is 4.18. The number of hydrogen-bond acceptors (Lipinski definition) is 4. The highest BCUT2D eigenvalue weighted by atomic mass is 32.1. The first-order valence-corrected chi connectivity index (χ1v) is 5.21. The molecule has 0 radical (unpaired) electrons. The van der Waals surface area contributed by atoms with E-state index in [1.165, 1.54) is 0 Å². The van der Waals surface area contributed by atoms with E-state index in [-0.39, 0.29) is 6.10 Å². The van der Waals surface area contributed by atoms with Crippen LogP contribution in [0, 0.1) is 0 Å². The summed E-state index contributed by atoms with van der Waals surface area (Å²) < 4.78 is 5.49. The lowest BCUT2D eigenvalue weighted by Crippen LogP contribution is -1.93. The van der Waals surface area contributed by atoms with Gasteiger partial charge >= 0.3 is 0 Å². The monoisotopic (exact) mass is 197 g/mol. The number of ether oxygens (including phenoxy) is 1. The van der Waals surface area contributed by atoms with E-state index in [0.717, 1.165) is 35.6 Å². The van der Waals surface area contributed by atoms with Gasteiger partial charge in [0.15, 0.2) is 0 Å². The fourth-order valence-corrected chi connectivity index (χ4v) is 2.37. The summed E-state index contributed by atoms with van der Waals surface area (Å²) in [6, 6.07) is 0. The predicted octanol–water partition coefficient (Wildman–Crippen LogP) is 1.74. The average Bonchev–Trinajstić information content (AvgIpc) is 2.70. The minimum Gasteiger partial charge on any atom is -0.371 e. The van der Waals surface area contributed by atoms with E-state index in [9.17, 15) is 4.79 Å². The van der Waals surface area contributed by atoms with Crippen LogP contribution in [0.1, 0.15) is 28.8 Å². The Hall–Kier alpha value is -0.740. The van der Waals surface area contributed by atoms with Gasteiger partial charge in [-0.05, 0) is 12.8 Å². The number of carbonyl (C=O) groups is 1. The van der Waals surface area contributed by atoms with Gasteiger partial charge in [0.2, 0.25) is 0 Å². The SMILES string of the molecule is O=CCc1cnc(C2CCCO2)s1. The molecule has 0 spiro atoms. The van der Waals surface area contributed by atoms with Crippen LogP contribution in [0.2, 0.25) is 0 Å². The van der Waals surface area contributed by atoms with E-state index in [0.29, 0.717) is 6.42 Å². The first-order valence-electron chi connectivity index (χ1n) is 4.40. The van der Waals surface area contributed by atoms with E-state index < -0.39 is 0 Å². The van der Waals surface area contributed by atoms with Crippen LogP contribution in [0.3, 0.4) is 0 Å². The second kappa shape index (κ2) is 3.98. The maximum absolute atomic E-state index is 10.3. The van der Waals surface area contributed by atoms with Gasteiger partial charge in [-0.15, -0.1) is 11.3 Å². The van der Waals surface area contributed by atoms with Crippen LogP contribution < -0.4 is 0 Å². The van der Waals surface area contributed by atoms with Gasteiger partial charge < -0.3 is 9.53 Å². The summed E-state index contributed by atoms with van der Waals surface area (Å²) in [6.07, 6.45) is 5.53. The molecule has 4 heteroatoms. The number of carbonyl (C=O) groups excluding carboxylic acids is 1. The van der Waals surface area contributed by atoms with Crippen molar-refractivity contribution in [2.24, 2.45) is 0 Å². The molecule has 0 bridgehead atoms. The molecule has 0 saturated carbocycles. The van der Waals surface area contributed by atoms with E-state index in [1.54, 1.807) is 17.5 Å². The lowest BCUT2D eigenvalue weighted by molar-refractivity contribution is -0.107. The zero-order valence-corrected chi connectivity index (χ0v) is 8.05. The van der Waals surface area contributed by atoms with Gasteiger partial charge in [-0.25, -0.2) is 4.98 Å². The van der Waals surface area contributed by atoms with Crippen molar-refractivity contribution in [1.82, 2.24) is 4.98 Å². The minimum absolute atomic E-state index is 0.186. The van der Waals surface area contributed by atoms with Crippen LogP contribution in [0.4, 0.5) is 0 Å². The first-order chi connectivity index (χ1) is 6.40. The summed E-state index contributed by atoms with van der Waals surface area (Å²) in [5.74, 6) is 0. The summed E-state index contributed by atoms with van der Waals surface area (Å²) in [6.45, 7) is 0.841. The molecular formula is C9H11NO2S. The van der Waals surface area contributed by atoms with Crippen molar-refractivity contribution >= 4 is 17.6 Å². The molecule has 0 aliphatic carbocycles. The van der Waals surface area contributed by atoms with Crippen molar-refractivity contribution in [3.63, 3.8) is 0 Å². The van der Waals surface area contributed by atoms with E-state index in [4.69, 9.17) is 4.74 Å². The number of aromatic nitrogens is 1. The van der Waals surface area contributed by atoms with Crippen LogP contribution in [0.25, 0.3) is 0 Å². The Morgan fingerprint density at radius 2 is 2.69 bits per heavy atom. The van der Waals surface area contributed by atoms with Crippen LogP contribution in [0.5, 0.6) is 0 Å². The van der Waals surface area contributed by atoms with E-state index in [1.807, 2.05) is 0 Å². The third-order valence-corrected chi connectivity index (χ3v) is 3.17. The Morgan fingerprint density at radius 3 is 3.38 bits per heavy atom. The van der Waals surface area contributed by atoms with Crippen molar-refractivity contribution in [1.29, 1.82) is 0 Å². The standard InChI is InChI=1S/C9H11NO2S/c11-4-3-7-6-10-9(13-7)8-2-1-5-12-8/h4,6,8H,1-3,5H2. The van der Waals surface area contributed by atoms with Gasteiger partial charge in [0.05, 0.1) is 0 Å². The van der Waals surface area contributed by atoms with Crippen molar-refractivity contribution in [3.8, 4) is 0 Å². The molecule has 1 saturated heterocycles. The molecule has 3 nitrogen and oxygen atoms in total. The largest absolute Gasteiger partial charge is 0.371 e. The van der Waals surface area contributed by atoms with Gasteiger partial charge in [-0.3, -0.25) is 0 Å². The summed E-state index contributed by atoms with van der Waals surface area (Å²) in [5, 5.41) is 1.02. The quantitative estimate of drug-likeness (QED) is 0.693. The topological polar surface area (TPSA) is 39.2 Å².